The van der Waals surface area contributed by atoms with Crippen molar-refractivity contribution in [3.8, 4) is 0 Å². The fraction of sp³-hybridized carbons (Fsp3) is 1.00. The second-order valence-corrected chi connectivity index (χ2v) is 13.1. The minimum Gasteiger partial charge on any atom is -0.377 e. The first-order valence-electron chi connectivity index (χ1n) is 12.7. The minimum atomic E-state index is -0.848. The summed E-state index contributed by atoms with van der Waals surface area (Å²) in [4.78, 5) is 0. The molecule has 0 saturated carbocycles. The van der Waals surface area contributed by atoms with E-state index in [1.807, 2.05) is 0 Å². The summed E-state index contributed by atoms with van der Waals surface area (Å²) in [7, 11) is -0.848. The lowest BCUT2D eigenvalue weighted by Gasteiger charge is -2.37. The monoisotopic (exact) mass is 437 g/mol. The van der Waals surface area contributed by atoms with Crippen LogP contribution in [0.15, 0.2) is 0 Å². The molecule has 0 N–H and O–H groups in total. The normalized spacial score (nSPS) is 11.6. The van der Waals surface area contributed by atoms with Crippen molar-refractivity contribution in [1.82, 2.24) is 0 Å². The van der Waals surface area contributed by atoms with E-state index in [9.17, 15) is 0 Å². The van der Waals surface area contributed by atoms with Gasteiger partial charge in [0.2, 0.25) is 0 Å². The largest absolute Gasteiger partial charge is 0.377 e. The Kier molecular flexibility index (Phi) is 26.4. The molecular weight excluding hydrogens is 383 g/mol. The average Bonchev–Trinajstić information content (AvgIpc) is 2.69. The van der Waals surface area contributed by atoms with E-state index in [0.717, 1.165) is 13.0 Å². The number of hydrogen-bond donors (Lipinski definition) is 0. The molecule has 0 aromatic heterocycles. The van der Waals surface area contributed by atoms with Gasteiger partial charge >= 0.3 is 0 Å². The minimum absolute atomic E-state index is 0. The Labute approximate surface area is 186 Å². The van der Waals surface area contributed by atoms with E-state index in [0.29, 0.717) is 0 Å². The van der Waals surface area contributed by atoms with Crippen molar-refractivity contribution in [2.24, 2.45) is 0 Å². The van der Waals surface area contributed by atoms with Crippen LogP contribution >= 0.6 is 19.7 Å². The van der Waals surface area contributed by atoms with Gasteiger partial charge in [-0.1, -0.05) is 112 Å². The Morgan fingerprint density at radius 1 is 0.464 bits per heavy atom. The molecule has 0 aliphatic carbocycles. The fourth-order valence-electron chi connectivity index (χ4n) is 3.96. The highest BCUT2D eigenvalue weighted by Gasteiger charge is 2.25. The van der Waals surface area contributed by atoms with Gasteiger partial charge in [-0.25, -0.2) is 0 Å². The number of unbranched alkanes of at least 4 members (excludes halogenated alkanes) is 12. The van der Waals surface area contributed by atoms with Crippen molar-refractivity contribution in [3.05, 3.63) is 0 Å². The molecule has 0 bridgehead atoms. The molecule has 0 spiro atoms. The molecule has 0 rings (SSSR count). The summed E-state index contributed by atoms with van der Waals surface area (Å²) < 4.78 is 6.31. The Hall–Kier alpha value is 0.680. The zero-order valence-electron chi connectivity index (χ0n) is 20.1. The highest BCUT2D eigenvalue weighted by atomic mass is 35.5. The SMILES string of the molecule is CCCCCCCCCCCCOC[P](CCCC)(CCCC)CCCC.Cl. The average molecular weight is 438 g/mol. The molecule has 0 aromatic rings. The molecule has 1 nitrogen and oxygen atoms in total. The van der Waals surface area contributed by atoms with Crippen LogP contribution in [0.2, 0.25) is 0 Å². The summed E-state index contributed by atoms with van der Waals surface area (Å²) in [6.07, 6.45) is 28.0. The van der Waals surface area contributed by atoms with Crippen LogP contribution in [0.3, 0.4) is 0 Å². The first-order valence-corrected chi connectivity index (χ1v) is 15.2. The lowest BCUT2D eigenvalue weighted by Crippen LogP contribution is -2.15. The van der Waals surface area contributed by atoms with E-state index < -0.39 is 7.26 Å². The predicted molar refractivity (Wildman–Crippen MR) is 136 cm³/mol. The van der Waals surface area contributed by atoms with Crippen LogP contribution in [0.5, 0.6) is 0 Å². The third kappa shape index (κ3) is 18.7. The van der Waals surface area contributed by atoms with Crippen LogP contribution in [0.4, 0.5) is 0 Å². The predicted octanol–water partition coefficient (Wildman–Crippen LogP) is 9.72. The van der Waals surface area contributed by atoms with E-state index in [1.54, 1.807) is 0 Å². The number of rotatable bonds is 22. The van der Waals surface area contributed by atoms with Crippen LogP contribution in [-0.4, -0.2) is 31.4 Å². The van der Waals surface area contributed by atoms with Crippen LogP contribution in [0, 0.1) is 0 Å². The van der Waals surface area contributed by atoms with Crippen molar-refractivity contribution in [2.75, 3.05) is 31.4 Å². The topological polar surface area (TPSA) is 9.23 Å². The molecule has 0 unspecified atom stereocenters. The first kappa shape index (κ1) is 30.9. The second-order valence-electron chi connectivity index (χ2n) is 8.79. The van der Waals surface area contributed by atoms with Crippen molar-refractivity contribution < 1.29 is 4.74 Å². The van der Waals surface area contributed by atoms with Gasteiger partial charge in [-0.3, -0.25) is 0 Å². The van der Waals surface area contributed by atoms with Crippen LogP contribution in [-0.2, 0) is 4.74 Å². The molecule has 3 heteroatoms. The van der Waals surface area contributed by atoms with Crippen LogP contribution in [0.25, 0.3) is 0 Å². The maximum atomic E-state index is 6.31. The lowest BCUT2D eigenvalue weighted by molar-refractivity contribution is 0.171. The van der Waals surface area contributed by atoms with Gasteiger partial charge in [-0.15, -0.1) is 12.4 Å². The van der Waals surface area contributed by atoms with Crippen molar-refractivity contribution in [3.63, 3.8) is 0 Å². The summed E-state index contributed by atoms with van der Waals surface area (Å²) in [5.41, 5.74) is 0. The summed E-state index contributed by atoms with van der Waals surface area (Å²) >= 11 is 0. The van der Waals surface area contributed by atoms with Gasteiger partial charge < -0.3 is 4.74 Å². The van der Waals surface area contributed by atoms with Gasteiger partial charge in [0.25, 0.3) is 0 Å². The molecule has 1 radical (unpaired) electrons. The lowest BCUT2D eigenvalue weighted by atomic mass is 10.1. The number of ether oxygens (including phenoxy) is 1. The Bertz CT molecular complexity index is 264. The van der Waals surface area contributed by atoms with Crippen molar-refractivity contribution >= 4 is 19.7 Å². The first-order chi connectivity index (χ1) is 13.2. The van der Waals surface area contributed by atoms with Crippen molar-refractivity contribution in [2.45, 2.75) is 130 Å². The number of hydrogen-bond acceptors (Lipinski definition) is 1. The number of halogens is 1. The van der Waals surface area contributed by atoms with E-state index in [1.165, 1.54) is 121 Å². The molecule has 0 heterocycles. The molecule has 0 fully saturated rings. The maximum absolute atomic E-state index is 6.31. The third-order valence-corrected chi connectivity index (χ3v) is 10.5. The Morgan fingerprint density at radius 3 is 1.21 bits per heavy atom. The van der Waals surface area contributed by atoms with Crippen molar-refractivity contribution in [1.29, 1.82) is 0 Å². The molecule has 0 aliphatic heterocycles. The smallest absolute Gasteiger partial charge is 0.0624 e. The zero-order valence-corrected chi connectivity index (χ0v) is 21.8. The molecule has 0 amide bonds. The highest BCUT2D eigenvalue weighted by Crippen LogP contribution is 2.60. The van der Waals surface area contributed by atoms with Gasteiger partial charge in [0.1, 0.15) is 0 Å². The molecule has 0 atom stereocenters. The second kappa shape index (κ2) is 24.0. The van der Waals surface area contributed by atoms with E-state index in [-0.39, 0.29) is 12.4 Å². The van der Waals surface area contributed by atoms with E-state index in [2.05, 4.69) is 27.7 Å². The summed E-state index contributed by atoms with van der Waals surface area (Å²) in [6, 6.07) is 0. The molecule has 28 heavy (non-hydrogen) atoms. The highest BCUT2D eigenvalue weighted by molar-refractivity contribution is 7.75. The molecule has 173 valence electrons. The third-order valence-electron chi connectivity index (χ3n) is 5.97. The van der Waals surface area contributed by atoms with Gasteiger partial charge in [-0.2, -0.15) is 0 Å². The summed E-state index contributed by atoms with van der Waals surface area (Å²) in [5, 5.41) is 0. The summed E-state index contributed by atoms with van der Waals surface area (Å²) in [5.74, 6) is 0. The van der Waals surface area contributed by atoms with Gasteiger partial charge in [0.15, 0.2) is 0 Å². The standard InChI is InChI=1S/C25H54OP.ClH/c1-5-9-13-14-15-16-17-18-19-20-21-26-25-27(22-10-6-2,23-11-7-3)24-12-8-4;/h5-25H2,1-4H3;1H. The molecule has 0 saturated heterocycles. The van der Waals surface area contributed by atoms with Crippen LogP contribution in [0.1, 0.15) is 130 Å². The summed E-state index contributed by atoms with van der Waals surface area (Å²) in [6.45, 7) is 10.4. The quantitative estimate of drug-likeness (QED) is 0.121. The van der Waals surface area contributed by atoms with Gasteiger partial charge in [-0.05, 0) is 44.2 Å². The Balaban J connectivity index is 0. The van der Waals surface area contributed by atoms with E-state index >= 15 is 0 Å². The zero-order chi connectivity index (χ0) is 20.1. The maximum Gasteiger partial charge on any atom is 0.0624 e. The van der Waals surface area contributed by atoms with Gasteiger partial charge in [0, 0.05) is 6.61 Å². The van der Waals surface area contributed by atoms with Crippen LogP contribution < -0.4 is 0 Å². The van der Waals surface area contributed by atoms with E-state index in [4.69, 9.17) is 4.74 Å². The van der Waals surface area contributed by atoms with Gasteiger partial charge in [0.05, 0.1) is 6.35 Å². The Morgan fingerprint density at radius 2 is 0.821 bits per heavy atom. The molecule has 0 aliphatic rings. The molecular formula is C25H55ClOP. The fourth-order valence-corrected chi connectivity index (χ4v) is 8.50. The molecule has 0 aromatic carbocycles.